The monoisotopic (exact) mass is 257 g/mol. The third-order valence-corrected chi connectivity index (χ3v) is 3.28. The van der Waals surface area contributed by atoms with Crippen LogP contribution < -0.4 is 0 Å². The largest absolute Gasteiger partial charge is 0.481 e. The smallest absolute Gasteiger partial charge is 0.303 e. The highest BCUT2D eigenvalue weighted by atomic mass is 16.4. The molecule has 0 heterocycles. The Balaban J connectivity index is 2.92. The van der Waals surface area contributed by atoms with Crippen molar-refractivity contribution in [2.75, 3.05) is 6.61 Å². The summed E-state index contributed by atoms with van der Waals surface area (Å²) in [6, 6.07) is 0. The lowest BCUT2D eigenvalue weighted by molar-refractivity contribution is -0.137. The van der Waals surface area contributed by atoms with E-state index in [1.54, 1.807) is 0 Å². The molecule has 1 radical (unpaired) electrons. The number of carbonyl (C=O) groups is 1. The maximum absolute atomic E-state index is 10.3. The lowest BCUT2D eigenvalue weighted by Gasteiger charge is -2.02. The first-order chi connectivity index (χ1) is 8.77. The second kappa shape index (κ2) is 14.5. The SMILES string of the molecule is [O]CCCCCCCCCCCCCCC(=O)O. The molecule has 0 aliphatic rings. The maximum atomic E-state index is 10.3. The molecule has 107 valence electrons. The number of carboxylic acid groups (broad SMARTS) is 1. The van der Waals surface area contributed by atoms with Crippen molar-refractivity contribution in [2.45, 2.75) is 83.5 Å². The van der Waals surface area contributed by atoms with Crippen molar-refractivity contribution in [3.63, 3.8) is 0 Å². The van der Waals surface area contributed by atoms with Crippen LogP contribution in [-0.4, -0.2) is 17.7 Å². The Morgan fingerprint density at radius 3 is 1.28 bits per heavy atom. The molecule has 1 N–H and O–H groups in total. The lowest BCUT2D eigenvalue weighted by Crippen LogP contribution is -1.93. The Morgan fingerprint density at radius 2 is 0.944 bits per heavy atom. The normalized spacial score (nSPS) is 10.7. The molecule has 3 heteroatoms. The van der Waals surface area contributed by atoms with Crippen molar-refractivity contribution in [2.24, 2.45) is 0 Å². The first kappa shape index (κ1) is 17.4. The van der Waals surface area contributed by atoms with Crippen molar-refractivity contribution < 1.29 is 15.0 Å². The van der Waals surface area contributed by atoms with Crippen LogP contribution >= 0.6 is 0 Å². The molecule has 0 saturated heterocycles. The molecule has 18 heavy (non-hydrogen) atoms. The second-order valence-electron chi connectivity index (χ2n) is 5.09. The Bertz CT molecular complexity index is 181. The van der Waals surface area contributed by atoms with Crippen molar-refractivity contribution in [3.8, 4) is 0 Å². The van der Waals surface area contributed by atoms with Crippen LogP contribution in [0.5, 0.6) is 0 Å². The standard InChI is InChI=1S/C15H29O3/c16-14-12-10-8-6-4-2-1-3-5-7-9-11-13-15(17)18/h1-14H2,(H,17,18). The first-order valence-electron chi connectivity index (χ1n) is 7.57. The second-order valence-corrected chi connectivity index (χ2v) is 5.09. The van der Waals surface area contributed by atoms with E-state index in [-0.39, 0.29) is 6.61 Å². The van der Waals surface area contributed by atoms with E-state index in [0.29, 0.717) is 6.42 Å². The number of unbranched alkanes of at least 4 members (excludes halogenated alkanes) is 11. The Hall–Kier alpha value is -0.570. The van der Waals surface area contributed by atoms with E-state index in [0.717, 1.165) is 25.7 Å². The fourth-order valence-electron chi connectivity index (χ4n) is 2.15. The molecule has 0 bridgehead atoms. The van der Waals surface area contributed by atoms with Gasteiger partial charge in [0.1, 0.15) is 0 Å². The van der Waals surface area contributed by atoms with Gasteiger partial charge in [-0.15, -0.1) is 0 Å². The maximum Gasteiger partial charge on any atom is 0.303 e. The van der Waals surface area contributed by atoms with Crippen LogP contribution in [0.25, 0.3) is 0 Å². The van der Waals surface area contributed by atoms with Crippen molar-refractivity contribution in [3.05, 3.63) is 0 Å². The predicted molar refractivity (Wildman–Crippen MR) is 73.2 cm³/mol. The predicted octanol–water partition coefficient (Wildman–Crippen LogP) is 4.57. The minimum Gasteiger partial charge on any atom is -0.481 e. The van der Waals surface area contributed by atoms with Crippen LogP contribution in [0, 0.1) is 0 Å². The van der Waals surface area contributed by atoms with Crippen LogP contribution in [0.15, 0.2) is 0 Å². The molecule has 0 saturated carbocycles. The van der Waals surface area contributed by atoms with E-state index in [4.69, 9.17) is 5.11 Å². The van der Waals surface area contributed by atoms with Crippen LogP contribution in [-0.2, 0) is 9.90 Å². The fourth-order valence-corrected chi connectivity index (χ4v) is 2.15. The van der Waals surface area contributed by atoms with E-state index in [1.165, 1.54) is 51.4 Å². The van der Waals surface area contributed by atoms with Gasteiger partial charge in [0.15, 0.2) is 0 Å². The molecule has 0 amide bonds. The molecule has 0 aromatic rings. The topological polar surface area (TPSA) is 57.2 Å². The highest BCUT2D eigenvalue weighted by molar-refractivity contribution is 5.66. The number of aliphatic carboxylic acids is 1. The minimum atomic E-state index is -0.674. The Labute approximate surface area is 112 Å². The Morgan fingerprint density at radius 1 is 0.611 bits per heavy atom. The molecular formula is C15H29O3. The summed E-state index contributed by atoms with van der Waals surface area (Å²) in [4.78, 5) is 10.3. The summed E-state index contributed by atoms with van der Waals surface area (Å²) in [5.74, 6) is -0.674. The average Bonchev–Trinajstić information content (AvgIpc) is 2.34. The number of carboxylic acids is 1. The van der Waals surface area contributed by atoms with Crippen LogP contribution in [0.1, 0.15) is 83.5 Å². The summed E-state index contributed by atoms with van der Waals surface area (Å²) >= 11 is 0. The summed E-state index contributed by atoms with van der Waals surface area (Å²) < 4.78 is 0. The highest BCUT2D eigenvalue weighted by Crippen LogP contribution is 2.12. The quantitative estimate of drug-likeness (QED) is 0.463. The van der Waals surface area contributed by atoms with E-state index < -0.39 is 5.97 Å². The van der Waals surface area contributed by atoms with Crippen LogP contribution in [0.2, 0.25) is 0 Å². The van der Waals surface area contributed by atoms with Gasteiger partial charge < -0.3 is 5.11 Å². The van der Waals surface area contributed by atoms with Crippen LogP contribution in [0.4, 0.5) is 0 Å². The van der Waals surface area contributed by atoms with Gasteiger partial charge in [0.2, 0.25) is 0 Å². The summed E-state index contributed by atoms with van der Waals surface area (Å²) in [5.41, 5.74) is 0. The highest BCUT2D eigenvalue weighted by Gasteiger charge is 1.96. The molecule has 0 aromatic carbocycles. The molecule has 0 unspecified atom stereocenters. The van der Waals surface area contributed by atoms with Gasteiger partial charge in [-0.2, -0.15) is 0 Å². The van der Waals surface area contributed by atoms with Gasteiger partial charge in [-0.3, -0.25) is 4.79 Å². The zero-order valence-electron chi connectivity index (χ0n) is 11.7. The van der Waals surface area contributed by atoms with Crippen molar-refractivity contribution in [1.29, 1.82) is 0 Å². The molecule has 0 rings (SSSR count). The minimum absolute atomic E-state index is 0.0852. The number of rotatable bonds is 14. The van der Waals surface area contributed by atoms with Gasteiger partial charge in [-0.1, -0.05) is 64.2 Å². The molecule has 0 aliphatic carbocycles. The van der Waals surface area contributed by atoms with Gasteiger partial charge in [-0.05, 0) is 12.8 Å². The van der Waals surface area contributed by atoms with E-state index in [2.05, 4.69) is 0 Å². The third kappa shape index (κ3) is 15.4. The molecule has 0 aromatic heterocycles. The number of hydrogen-bond acceptors (Lipinski definition) is 1. The van der Waals surface area contributed by atoms with E-state index >= 15 is 0 Å². The number of hydrogen-bond donors (Lipinski definition) is 1. The molecule has 0 spiro atoms. The summed E-state index contributed by atoms with van der Waals surface area (Å²) in [6.45, 7) is 0.0852. The van der Waals surface area contributed by atoms with Crippen molar-refractivity contribution in [1.82, 2.24) is 0 Å². The van der Waals surface area contributed by atoms with Gasteiger partial charge in [-0.25, -0.2) is 5.11 Å². The van der Waals surface area contributed by atoms with Gasteiger partial charge in [0.05, 0.1) is 6.61 Å². The molecule has 0 atom stereocenters. The van der Waals surface area contributed by atoms with Crippen molar-refractivity contribution >= 4 is 5.97 Å². The zero-order valence-corrected chi connectivity index (χ0v) is 11.7. The van der Waals surface area contributed by atoms with Gasteiger partial charge in [0.25, 0.3) is 0 Å². The fraction of sp³-hybridized carbons (Fsp3) is 0.933. The molecule has 0 aliphatic heterocycles. The molecule has 3 nitrogen and oxygen atoms in total. The lowest BCUT2D eigenvalue weighted by atomic mass is 10.0. The third-order valence-electron chi connectivity index (χ3n) is 3.28. The van der Waals surface area contributed by atoms with Gasteiger partial charge in [0, 0.05) is 6.42 Å². The van der Waals surface area contributed by atoms with E-state index in [9.17, 15) is 9.90 Å². The summed E-state index contributed by atoms with van der Waals surface area (Å²) in [6.07, 6.45) is 14.3. The van der Waals surface area contributed by atoms with E-state index in [1.807, 2.05) is 0 Å². The van der Waals surface area contributed by atoms with Gasteiger partial charge >= 0.3 is 5.97 Å². The summed E-state index contributed by atoms with van der Waals surface area (Å²) in [7, 11) is 0. The molecule has 0 fully saturated rings. The van der Waals surface area contributed by atoms with Crippen LogP contribution in [0.3, 0.4) is 0 Å². The zero-order chi connectivity index (χ0) is 13.5. The Kier molecular flexibility index (Phi) is 14.0. The summed E-state index contributed by atoms with van der Waals surface area (Å²) in [5, 5.41) is 18.7. The first-order valence-corrected chi connectivity index (χ1v) is 7.57. The average molecular weight is 257 g/mol. The molecular weight excluding hydrogens is 228 g/mol.